The number of carbonyl (C=O) groups is 3. The smallest absolute Gasteiger partial charge is 0.254 e. The second-order valence-corrected chi connectivity index (χ2v) is 6.99. The average Bonchev–Trinajstić information content (AvgIpc) is 2.77. The molecule has 8 heteroatoms. The zero-order chi connectivity index (χ0) is 22.6. The molecule has 0 aliphatic rings. The van der Waals surface area contributed by atoms with Crippen molar-refractivity contribution in [2.75, 3.05) is 45.8 Å². The van der Waals surface area contributed by atoms with E-state index in [4.69, 9.17) is 9.47 Å². The van der Waals surface area contributed by atoms with Crippen LogP contribution in [0.2, 0.25) is 0 Å². The molecule has 0 spiro atoms. The topological polar surface area (TPSA) is 97.0 Å². The van der Waals surface area contributed by atoms with Crippen molar-refractivity contribution in [2.45, 2.75) is 13.3 Å². The summed E-state index contributed by atoms with van der Waals surface area (Å²) in [5, 5.41) is 5.25. The fourth-order valence-electron chi connectivity index (χ4n) is 2.82. The number of hydrogen-bond acceptors (Lipinski definition) is 5. The molecule has 0 fully saturated rings. The average molecular weight is 428 g/mol. The van der Waals surface area contributed by atoms with Gasteiger partial charge in [-0.2, -0.15) is 0 Å². The molecule has 2 N–H and O–H groups in total. The van der Waals surface area contributed by atoms with Crippen LogP contribution < -0.4 is 15.4 Å². The van der Waals surface area contributed by atoms with E-state index >= 15 is 0 Å². The van der Waals surface area contributed by atoms with E-state index in [1.807, 2.05) is 19.1 Å². The lowest BCUT2D eigenvalue weighted by Crippen LogP contribution is -2.43. The van der Waals surface area contributed by atoms with Gasteiger partial charge in [0.05, 0.1) is 20.2 Å². The third kappa shape index (κ3) is 8.10. The van der Waals surface area contributed by atoms with Crippen molar-refractivity contribution in [3.05, 3.63) is 59.7 Å². The van der Waals surface area contributed by atoms with E-state index in [1.54, 1.807) is 50.6 Å². The van der Waals surface area contributed by atoms with Crippen molar-refractivity contribution in [1.29, 1.82) is 0 Å². The molecule has 2 aromatic rings. The maximum absolute atomic E-state index is 12.8. The van der Waals surface area contributed by atoms with Gasteiger partial charge in [-0.15, -0.1) is 0 Å². The summed E-state index contributed by atoms with van der Waals surface area (Å²) in [7, 11) is 3.14. The Morgan fingerprint density at radius 1 is 0.935 bits per heavy atom. The number of carbonyl (C=O) groups excluding carboxylic acids is 3. The van der Waals surface area contributed by atoms with Crippen LogP contribution in [0.5, 0.6) is 5.75 Å². The number of rotatable bonds is 11. The quantitative estimate of drug-likeness (QED) is 0.536. The minimum absolute atomic E-state index is 0.147. The zero-order valence-corrected chi connectivity index (χ0v) is 18.1. The molecule has 0 aliphatic carbocycles. The van der Waals surface area contributed by atoms with Gasteiger partial charge in [0.1, 0.15) is 5.75 Å². The van der Waals surface area contributed by atoms with E-state index in [0.717, 1.165) is 5.56 Å². The van der Waals surface area contributed by atoms with Crippen molar-refractivity contribution >= 4 is 23.4 Å². The minimum atomic E-state index is -0.414. The second kappa shape index (κ2) is 12.3. The highest BCUT2D eigenvalue weighted by Gasteiger charge is 2.19. The van der Waals surface area contributed by atoms with E-state index in [9.17, 15) is 14.4 Å². The molecule has 0 aromatic heterocycles. The molecule has 31 heavy (non-hydrogen) atoms. The molecular formula is C23H29N3O5. The van der Waals surface area contributed by atoms with Crippen LogP contribution >= 0.6 is 0 Å². The molecule has 2 rings (SSSR count). The number of anilines is 1. The Morgan fingerprint density at radius 3 is 2.23 bits per heavy atom. The highest BCUT2D eigenvalue weighted by atomic mass is 16.5. The van der Waals surface area contributed by atoms with Crippen molar-refractivity contribution < 1.29 is 23.9 Å². The van der Waals surface area contributed by atoms with E-state index in [2.05, 4.69) is 10.6 Å². The van der Waals surface area contributed by atoms with Gasteiger partial charge in [-0.3, -0.25) is 14.4 Å². The number of nitrogens with one attached hydrogen (secondary N) is 2. The molecule has 8 nitrogen and oxygen atoms in total. The Morgan fingerprint density at radius 2 is 1.61 bits per heavy atom. The summed E-state index contributed by atoms with van der Waals surface area (Å²) in [6.07, 6.45) is 0.597. The maximum Gasteiger partial charge on any atom is 0.254 e. The third-order valence-corrected chi connectivity index (χ3v) is 4.52. The van der Waals surface area contributed by atoms with Gasteiger partial charge in [-0.1, -0.05) is 17.7 Å². The fraction of sp³-hybridized carbons (Fsp3) is 0.348. The largest absolute Gasteiger partial charge is 0.497 e. The first-order valence-electron chi connectivity index (χ1n) is 9.98. The molecule has 0 unspecified atom stereocenters. The second-order valence-electron chi connectivity index (χ2n) is 6.99. The Bertz CT molecular complexity index is 866. The molecule has 0 heterocycles. The van der Waals surface area contributed by atoms with Crippen LogP contribution in [0.1, 0.15) is 22.3 Å². The monoisotopic (exact) mass is 427 g/mol. The van der Waals surface area contributed by atoms with Gasteiger partial charge in [-0.25, -0.2) is 0 Å². The van der Waals surface area contributed by atoms with Crippen LogP contribution in [0, 0.1) is 6.92 Å². The molecule has 0 aliphatic heterocycles. The maximum atomic E-state index is 12.8. The van der Waals surface area contributed by atoms with E-state index < -0.39 is 5.91 Å². The summed E-state index contributed by atoms with van der Waals surface area (Å²) in [6, 6.07) is 14.0. The molecule has 0 atom stereocenters. The van der Waals surface area contributed by atoms with Crippen molar-refractivity contribution in [1.82, 2.24) is 10.2 Å². The minimum Gasteiger partial charge on any atom is -0.497 e. The summed E-state index contributed by atoms with van der Waals surface area (Å²) in [5.74, 6) is -0.343. The normalized spacial score (nSPS) is 10.3. The number of amides is 3. The van der Waals surface area contributed by atoms with Crippen molar-refractivity contribution in [3.8, 4) is 5.75 Å². The van der Waals surface area contributed by atoms with Gasteiger partial charge < -0.3 is 25.0 Å². The van der Waals surface area contributed by atoms with Gasteiger partial charge >= 0.3 is 0 Å². The van der Waals surface area contributed by atoms with Gasteiger partial charge in [-0.05, 0) is 49.7 Å². The third-order valence-electron chi connectivity index (χ3n) is 4.52. The van der Waals surface area contributed by atoms with Crippen LogP contribution in [0.4, 0.5) is 5.69 Å². The first-order valence-corrected chi connectivity index (χ1v) is 9.98. The number of hydrogen-bond donors (Lipinski definition) is 2. The first-order chi connectivity index (χ1) is 14.9. The Balaban J connectivity index is 1.89. The highest BCUT2D eigenvalue weighted by molar-refractivity contribution is 5.98. The van der Waals surface area contributed by atoms with Crippen molar-refractivity contribution in [3.63, 3.8) is 0 Å². The molecule has 2 aromatic carbocycles. The predicted molar refractivity (Wildman–Crippen MR) is 118 cm³/mol. The lowest BCUT2D eigenvalue weighted by atomic mass is 10.1. The molecule has 0 saturated heterocycles. The van der Waals surface area contributed by atoms with Gasteiger partial charge in [0.15, 0.2) is 0 Å². The summed E-state index contributed by atoms with van der Waals surface area (Å²) in [6.45, 7) is 2.44. The first kappa shape index (κ1) is 23.9. The highest BCUT2D eigenvalue weighted by Crippen LogP contribution is 2.14. The van der Waals surface area contributed by atoms with Crippen LogP contribution in [0.3, 0.4) is 0 Å². The molecule has 3 amide bonds. The molecule has 0 bridgehead atoms. The zero-order valence-electron chi connectivity index (χ0n) is 18.1. The molecule has 0 radical (unpaired) electrons. The molecule has 0 saturated carbocycles. The van der Waals surface area contributed by atoms with Crippen LogP contribution in [-0.2, 0) is 14.3 Å². The van der Waals surface area contributed by atoms with Crippen LogP contribution in [-0.4, -0.2) is 63.1 Å². The van der Waals surface area contributed by atoms with Gasteiger partial charge in [0.25, 0.3) is 5.91 Å². The standard InChI is InChI=1S/C23H29N3O5/c1-17-5-7-18(8-6-17)23(29)26(13-4-14-30-2)16-22(28)24-15-21(27)25-19-9-11-20(31-3)12-10-19/h5-12H,4,13-16H2,1-3H3,(H,24,28)(H,25,27). The lowest BCUT2D eigenvalue weighted by molar-refractivity contribution is -0.124. The Labute approximate surface area is 182 Å². The van der Waals surface area contributed by atoms with Crippen LogP contribution in [0.25, 0.3) is 0 Å². The summed E-state index contributed by atoms with van der Waals surface area (Å²) >= 11 is 0. The van der Waals surface area contributed by atoms with Gasteiger partial charge in [0.2, 0.25) is 11.8 Å². The van der Waals surface area contributed by atoms with E-state index in [-0.39, 0.29) is 24.9 Å². The molecule has 166 valence electrons. The number of benzene rings is 2. The number of nitrogens with zero attached hydrogens (tertiary/aromatic N) is 1. The lowest BCUT2D eigenvalue weighted by Gasteiger charge is -2.22. The fourth-order valence-corrected chi connectivity index (χ4v) is 2.82. The van der Waals surface area contributed by atoms with E-state index in [1.165, 1.54) is 4.90 Å². The Hall–Kier alpha value is -3.39. The molecular weight excluding hydrogens is 398 g/mol. The predicted octanol–water partition coefficient (Wildman–Crippen LogP) is 2.24. The summed E-state index contributed by atoms with van der Waals surface area (Å²) in [5.41, 5.74) is 2.15. The number of aryl methyl sites for hydroxylation is 1. The number of methoxy groups -OCH3 is 2. The summed E-state index contributed by atoms with van der Waals surface area (Å²) < 4.78 is 10.1. The van der Waals surface area contributed by atoms with E-state index in [0.29, 0.717) is 36.6 Å². The number of ether oxygens (including phenoxy) is 2. The van der Waals surface area contributed by atoms with Crippen molar-refractivity contribution in [2.24, 2.45) is 0 Å². The Kier molecular flexibility index (Phi) is 9.51. The van der Waals surface area contributed by atoms with Crippen LogP contribution in [0.15, 0.2) is 48.5 Å². The SMILES string of the molecule is COCCCN(CC(=O)NCC(=O)Nc1ccc(OC)cc1)C(=O)c1ccc(C)cc1. The summed E-state index contributed by atoms with van der Waals surface area (Å²) in [4.78, 5) is 38.8. The van der Waals surface area contributed by atoms with Gasteiger partial charge in [0, 0.05) is 31.5 Å².